The van der Waals surface area contributed by atoms with E-state index in [9.17, 15) is 4.39 Å². The van der Waals surface area contributed by atoms with Crippen LogP contribution in [0.4, 0.5) is 4.39 Å². The van der Waals surface area contributed by atoms with Gasteiger partial charge in [-0.2, -0.15) is 0 Å². The summed E-state index contributed by atoms with van der Waals surface area (Å²) in [5, 5.41) is 2.57. The first kappa shape index (κ1) is 13.2. The maximum atomic E-state index is 13.1. The molecule has 1 aromatic heterocycles. The summed E-state index contributed by atoms with van der Waals surface area (Å²) in [4.78, 5) is 0.929. The summed E-state index contributed by atoms with van der Waals surface area (Å²) in [6, 6.07) is 6.22. The second kappa shape index (κ2) is 5.62. The van der Waals surface area contributed by atoms with E-state index in [2.05, 4.69) is 28.0 Å². The molecule has 0 fully saturated rings. The van der Waals surface area contributed by atoms with Gasteiger partial charge in [-0.05, 0) is 51.7 Å². The van der Waals surface area contributed by atoms with Gasteiger partial charge in [0.25, 0.3) is 0 Å². The van der Waals surface area contributed by atoms with Gasteiger partial charge >= 0.3 is 0 Å². The van der Waals surface area contributed by atoms with Crippen molar-refractivity contribution in [3.05, 3.63) is 54.5 Å². The van der Waals surface area contributed by atoms with Crippen molar-refractivity contribution >= 4 is 45.5 Å². The molecular weight excluding hydrogens is 374 g/mol. The summed E-state index contributed by atoms with van der Waals surface area (Å²) in [5.74, 6) is 5.31. The molecule has 6 heteroatoms. The molecule has 0 bridgehead atoms. The van der Waals surface area contributed by atoms with Gasteiger partial charge in [-0.1, -0.05) is 17.7 Å². The fraction of sp³-hybridized carbons (Fsp3) is 0.0909. The first-order valence-electron chi connectivity index (χ1n) is 4.77. The zero-order valence-corrected chi connectivity index (χ0v) is 12.3. The molecule has 0 amide bonds. The number of benzene rings is 1. The van der Waals surface area contributed by atoms with E-state index in [0.717, 1.165) is 14.0 Å². The van der Waals surface area contributed by atoms with Crippen molar-refractivity contribution in [1.82, 2.24) is 5.43 Å². The Labute approximate surface area is 121 Å². The van der Waals surface area contributed by atoms with Gasteiger partial charge in [-0.3, -0.25) is 5.84 Å². The van der Waals surface area contributed by atoms with E-state index in [1.165, 1.54) is 23.5 Å². The largest absolute Gasteiger partial charge is 0.271 e. The molecule has 0 radical (unpaired) electrons. The Hall–Kier alpha value is -0.210. The van der Waals surface area contributed by atoms with Gasteiger partial charge < -0.3 is 0 Å². The molecule has 1 unspecified atom stereocenters. The van der Waals surface area contributed by atoms with Crippen LogP contribution in [0, 0.1) is 9.39 Å². The molecular formula is C11H9ClFIN2S. The van der Waals surface area contributed by atoms with E-state index in [0.29, 0.717) is 5.02 Å². The number of hydrogen-bond acceptors (Lipinski definition) is 3. The smallest absolute Gasteiger partial charge is 0.124 e. The van der Waals surface area contributed by atoms with E-state index in [-0.39, 0.29) is 11.9 Å². The second-order valence-electron chi connectivity index (χ2n) is 3.40. The summed E-state index contributed by atoms with van der Waals surface area (Å²) >= 11 is 9.69. The quantitative estimate of drug-likeness (QED) is 0.483. The molecule has 0 aliphatic carbocycles. The van der Waals surface area contributed by atoms with Crippen LogP contribution in [0.2, 0.25) is 5.02 Å². The highest BCUT2D eigenvalue weighted by Gasteiger charge is 2.19. The average molecular weight is 383 g/mol. The first-order chi connectivity index (χ1) is 8.13. The summed E-state index contributed by atoms with van der Waals surface area (Å²) in [6.07, 6.45) is 0. The highest BCUT2D eigenvalue weighted by atomic mass is 127. The van der Waals surface area contributed by atoms with E-state index in [4.69, 9.17) is 17.4 Å². The highest BCUT2D eigenvalue weighted by Crippen LogP contribution is 2.34. The number of nitrogens with two attached hydrogens (primary N) is 1. The third-order valence-electron chi connectivity index (χ3n) is 2.35. The standard InChI is InChI=1S/C11H9ClFIN2S/c12-8-3-4-17-11(8)10(16-15)7-2-1-6(13)5-9(7)14/h1-5,10,16H,15H2. The van der Waals surface area contributed by atoms with Crippen molar-refractivity contribution in [3.63, 3.8) is 0 Å². The minimum Gasteiger partial charge on any atom is -0.271 e. The van der Waals surface area contributed by atoms with Gasteiger partial charge in [0.05, 0.1) is 11.1 Å². The number of rotatable bonds is 3. The van der Waals surface area contributed by atoms with Crippen molar-refractivity contribution in [2.45, 2.75) is 6.04 Å². The van der Waals surface area contributed by atoms with Gasteiger partial charge in [0.15, 0.2) is 0 Å². The highest BCUT2D eigenvalue weighted by molar-refractivity contribution is 14.1. The average Bonchev–Trinajstić information content (AvgIpc) is 2.69. The van der Waals surface area contributed by atoms with Crippen LogP contribution in [0.25, 0.3) is 0 Å². The molecule has 0 saturated heterocycles. The molecule has 0 saturated carbocycles. The van der Waals surface area contributed by atoms with Crippen molar-refractivity contribution in [2.75, 3.05) is 0 Å². The summed E-state index contributed by atoms with van der Waals surface area (Å²) in [5.41, 5.74) is 3.64. The van der Waals surface area contributed by atoms with Crippen LogP contribution in [0.3, 0.4) is 0 Å². The lowest BCUT2D eigenvalue weighted by Crippen LogP contribution is -2.29. The molecule has 1 atom stereocenters. The Balaban J connectivity index is 2.46. The molecule has 2 rings (SSSR count). The number of thiophene rings is 1. The van der Waals surface area contributed by atoms with E-state index in [1.807, 2.05) is 11.4 Å². The van der Waals surface area contributed by atoms with Crippen LogP contribution in [0.1, 0.15) is 16.5 Å². The zero-order chi connectivity index (χ0) is 12.4. The lowest BCUT2D eigenvalue weighted by molar-refractivity contribution is 0.616. The molecule has 0 aliphatic rings. The predicted molar refractivity (Wildman–Crippen MR) is 77.6 cm³/mol. The topological polar surface area (TPSA) is 38.0 Å². The lowest BCUT2D eigenvalue weighted by atomic mass is 10.1. The fourth-order valence-corrected chi connectivity index (χ4v) is 3.59. The minimum absolute atomic E-state index is 0.213. The Morgan fingerprint density at radius 3 is 2.71 bits per heavy atom. The van der Waals surface area contributed by atoms with Crippen LogP contribution in [0.15, 0.2) is 29.6 Å². The van der Waals surface area contributed by atoms with Crippen molar-refractivity contribution in [1.29, 1.82) is 0 Å². The van der Waals surface area contributed by atoms with Gasteiger partial charge in [0.1, 0.15) is 5.82 Å². The lowest BCUT2D eigenvalue weighted by Gasteiger charge is -2.17. The van der Waals surface area contributed by atoms with Gasteiger partial charge in [0, 0.05) is 8.45 Å². The Morgan fingerprint density at radius 2 is 2.18 bits per heavy atom. The molecule has 1 heterocycles. The van der Waals surface area contributed by atoms with Crippen LogP contribution in [-0.2, 0) is 0 Å². The first-order valence-corrected chi connectivity index (χ1v) is 7.11. The van der Waals surface area contributed by atoms with E-state index < -0.39 is 0 Å². The van der Waals surface area contributed by atoms with Crippen LogP contribution >= 0.6 is 45.5 Å². The molecule has 2 aromatic rings. The normalized spacial score (nSPS) is 12.7. The SMILES string of the molecule is NNC(c1ccc(F)cc1I)c1sccc1Cl. The molecule has 2 nitrogen and oxygen atoms in total. The van der Waals surface area contributed by atoms with Crippen LogP contribution < -0.4 is 11.3 Å². The maximum absolute atomic E-state index is 13.1. The monoisotopic (exact) mass is 382 g/mol. The van der Waals surface area contributed by atoms with Crippen molar-refractivity contribution in [3.8, 4) is 0 Å². The number of hydrazine groups is 1. The molecule has 0 spiro atoms. The van der Waals surface area contributed by atoms with E-state index >= 15 is 0 Å². The Bertz CT molecular complexity index is 532. The molecule has 0 aliphatic heterocycles. The van der Waals surface area contributed by atoms with Gasteiger partial charge in [-0.15, -0.1) is 11.3 Å². The maximum Gasteiger partial charge on any atom is 0.124 e. The Morgan fingerprint density at radius 1 is 1.41 bits per heavy atom. The van der Waals surface area contributed by atoms with Crippen LogP contribution in [-0.4, -0.2) is 0 Å². The minimum atomic E-state index is -0.258. The number of halogens is 3. The third-order valence-corrected chi connectivity index (χ3v) is 4.70. The third kappa shape index (κ3) is 2.79. The van der Waals surface area contributed by atoms with Crippen LogP contribution in [0.5, 0.6) is 0 Å². The summed E-state index contributed by atoms with van der Waals surface area (Å²) < 4.78 is 13.9. The molecule has 3 N–H and O–H groups in total. The Kier molecular flexibility index (Phi) is 4.37. The number of hydrogen-bond donors (Lipinski definition) is 2. The fourth-order valence-electron chi connectivity index (χ4n) is 1.55. The van der Waals surface area contributed by atoms with E-state index in [1.54, 1.807) is 6.07 Å². The number of nitrogens with one attached hydrogen (secondary N) is 1. The molecule has 90 valence electrons. The van der Waals surface area contributed by atoms with Crippen molar-refractivity contribution < 1.29 is 4.39 Å². The summed E-state index contributed by atoms with van der Waals surface area (Å²) in [6.45, 7) is 0. The van der Waals surface area contributed by atoms with Crippen molar-refractivity contribution in [2.24, 2.45) is 5.84 Å². The molecule has 1 aromatic carbocycles. The van der Waals surface area contributed by atoms with Gasteiger partial charge in [-0.25, -0.2) is 9.82 Å². The predicted octanol–water partition coefficient (Wildman–Crippen LogP) is 3.70. The van der Waals surface area contributed by atoms with Gasteiger partial charge in [0.2, 0.25) is 0 Å². The molecule has 17 heavy (non-hydrogen) atoms. The zero-order valence-electron chi connectivity index (χ0n) is 8.58. The summed E-state index contributed by atoms with van der Waals surface area (Å²) in [7, 11) is 0. The second-order valence-corrected chi connectivity index (χ2v) is 5.92.